The van der Waals surface area contributed by atoms with E-state index in [1.165, 1.54) is 11.8 Å². The summed E-state index contributed by atoms with van der Waals surface area (Å²) >= 11 is 1.39. The number of thioether (sulfide) groups is 1. The van der Waals surface area contributed by atoms with Gasteiger partial charge in [-0.1, -0.05) is 84.9 Å². The Kier molecular flexibility index (Phi) is 6.75. The summed E-state index contributed by atoms with van der Waals surface area (Å²) < 4.78 is 5.98. The third-order valence-corrected chi connectivity index (χ3v) is 7.18. The highest BCUT2D eigenvalue weighted by Crippen LogP contribution is 2.37. The van der Waals surface area contributed by atoms with Crippen LogP contribution < -0.4 is 9.64 Å². The topological polar surface area (TPSA) is 41.9 Å². The predicted molar refractivity (Wildman–Crippen MR) is 158 cm³/mol. The number of fused-ring (bicyclic) bond motifs is 1. The molecule has 0 atom stereocenters. The molecule has 0 radical (unpaired) electrons. The number of anilines is 2. The van der Waals surface area contributed by atoms with Crippen LogP contribution in [0.4, 0.5) is 11.4 Å². The fourth-order valence-corrected chi connectivity index (χ4v) is 5.29. The summed E-state index contributed by atoms with van der Waals surface area (Å²) in [5.74, 6) is 0.598. The van der Waals surface area contributed by atoms with Crippen molar-refractivity contribution in [3.05, 3.63) is 143 Å². The Hall–Kier alpha value is -4.61. The molecule has 184 valence electrons. The number of benzene rings is 5. The molecule has 38 heavy (non-hydrogen) atoms. The third-order valence-electron chi connectivity index (χ3n) is 6.21. The normalized spacial score (nSPS) is 14.1. The molecule has 5 aromatic carbocycles. The highest BCUT2D eigenvalue weighted by Gasteiger charge is 2.28. The number of amidine groups is 1. The third kappa shape index (κ3) is 5.24. The molecule has 1 aliphatic heterocycles. The standard InChI is InChI=1S/C33H24N2O2S/c36-32-31(38-33(34-32)35(28-12-6-2-7-13-28)29-14-8-3-9-15-29)21-25-16-17-27-22-30(19-18-26(27)20-25)37-23-24-10-4-1-5-11-24/h1-22H,23H2/b31-21-. The van der Waals surface area contributed by atoms with Gasteiger partial charge >= 0.3 is 0 Å². The van der Waals surface area contributed by atoms with E-state index in [9.17, 15) is 4.79 Å². The van der Waals surface area contributed by atoms with Crippen LogP contribution in [-0.2, 0) is 11.4 Å². The Bertz CT molecular complexity index is 1610. The maximum Gasteiger partial charge on any atom is 0.286 e. The zero-order chi connectivity index (χ0) is 25.7. The van der Waals surface area contributed by atoms with Crippen LogP contribution in [0.25, 0.3) is 16.8 Å². The maximum atomic E-state index is 12.9. The van der Waals surface area contributed by atoms with Crippen LogP contribution in [0.15, 0.2) is 137 Å². The molecule has 0 fully saturated rings. The lowest BCUT2D eigenvalue weighted by Gasteiger charge is -2.23. The van der Waals surface area contributed by atoms with E-state index in [1.807, 2.05) is 108 Å². The van der Waals surface area contributed by atoms with Crippen molar-refractivity contribution in [1.29, 1.82) is 0 Å². The highest BCUT2D eigenvalue weighted by atomic mass is 32.2. The Labute approximate surface area is 225 Å². The highest BCUT2D eigenvalue weighted by molar-refractivity contribution is 8.18. The van der Waals surface area contributed by atoms with Crippen molar-refractivity contribution in [1.82, 2.24) is 0 Å². The first-order valence-corrected chi connectivity index (χ1v) is 13.2. The molecule has 0 saturated heterocycles. The van der Waals surface area contributed by atoms with Gasteiger partial charge in [-0.15, -0.1) is 0 Å². The van der Waals surface area contributed by atoms with E-state index in [4.69, 9.17) is 4.74 Å². The number of carbonyl (C=O) groups excluding carboxylic acids is 1. The fourth-order valence-electron chi connectivity index (χ4n) is 4.33. The molecule has 0 spiro atoms. The zero-order valence-corrected chi connectivity index (χ0v) is 21.3. The van der Waals surface area contributed by atoms with Crippen molar-refractivity contribution in [2.24, 2.45) is 4.99 Å². The number of rotatable bonds is 6. The zero-order valence-electron chi connectivity index (χ0n) is 20.5. The number of carbonyl (C=O) groups is 1. The number of ether oxygens (including phenoxy) is 1. The number of amides is 1. The smallest absolute Gasteiger partial charge is 0.286 e. The second-order valence-electron chi connectivity index (χ2n) is 8.86. The van der Waals surface area contributed by atoms with Gasteiger partial charge in [0.15, 0.2) is 5.17 Å². The molecular weight excluding hydrogens is 488 g/mol. The van der Waals surface area contributed by atoms with Gasteiger partial charge in [-0.2, -0.15) is 4.99 Å². The van der Waals surface area contributed by atoms with E-state index < -0.39 is 0 Å². The number of aliphatic imine (C=N–C) groups is 1. The predicted octanol–water partition coefficient (Wildman–Crippen LogP) is 8.23. The van der Waals surface area contributed by atoms with Gasteiger partial charge in [-0.25, -0.2) is 0 Å². The largest absolute Gasteiger partial charge is 0.489 e. The number of para-hydroxylation sites is 2. The Morgan fingerprint density at radius 2 is 1.32 bits per heavy atom. The van der Waals surface area contributed by atoms with Crippen LogP contribution in [0, 0.1) is 0 Å². The van der Waals surface area contributed by atoms with Gasteiger partial charge in [0.1, 0.15) is 12.4 Å². The van der Waals surface area contributed by atoms with Gasteiger partial charge in [0.05, 0.1) is 4.91 Å². The first-order chi connectivity index (χ1) is 18.7. The summed E-state index contributed by atoms with van der Waals surface area (Å²) in [5, 5.41) is 2.80. The van der Waals surface area contributed by atoms with Gasteiger partial charge < -0.3 is 4.74 Å². The average molecular weight is 513 g/mol. The molecule has 0 aliphatic carbocycles. The summed E-state index contributed by atoms with van der Waals surface area (Å²) in [6.07, 6.45) is 1.91. The Balaban J connectivity index is 1.22. The van der Waals surface area contributed by atoms with Crippen LogP contribution >= 0.6 is 11.8 Å². The molecule has 0 saturated carbocycles. The molecule has 0 bridgehead atoms. The minimum atomic E-state index is -0.230. The summed E-state index contributed by atoms with van der Waals surface area (Å²) in [6, 6.07) is 42.3. The second-order valence-corrected chi connectivity index (χ2v) is 9.87. The molecular formula is C33H24N2O2S. The van der Waals surface area contributed by atoms with Gasteiger partial charge in [0.25, 0.3) is 5.91 Å². The van der Waals surface area contributed by atoms with Gasteiger partial charge in [-0.05, 0) is 82.2 Å². The molecule has 1 aliphatic rings. The van der Waals surface area contributed by atoms with E-state index in [-0.39, 0.29) is 5.91 Å². The fraction of sp³-hybridized carbons (Fsp3) is 0.0303. The molecule has 0 unspecified atom stereocenters. The summed E-state index contributed by atoms with van der Waals surface area (Å²) in [6.45, 7) is 0.529. The first kappa shape index (κ1) is 23.8. The molecule has 4 nitrogen and oxygen atoms in total. The first-order valence-electron chi connectivity index (χ1n) is 12.4. The van der Waals surface area contributed by atoms with Crippen LogP contribution in [0.1, 0.15) is 11.1 Å². The van der Waals surface area contributed by atoms with E-state index in [2.05, 4.69) is 35.3 Å². The summed E-state index contributed by atoms with van der Waals surface area (Å²) in [4.78, 5) is 20.0. The van der Waals surface area contributed by atoms with E-state index in [0.29, 0.717) is 16.7 Å². The number of hydrogen-bond donors (Lipinski definition) is 0. The molecule has 5 heteroatoms. The molecule has 1 amide bonds. The lowest BCUT2D eigenvalue weighted by Crippen LogP contribution is -2.21. The summed E-state index contributed by atoms with van der Waals surface area (Å²) in [5.41, 5.74) is 3.99. The van der Waals surface area contributed by atoms with Crippen LogP contribution in [0.5, 0.6) is 5.75 Å². The van der Waals surface area contributed by atoms with Crippen LogP contribution in [0.3, 0.4) is 0 Å². The monoisotopic (exact) mass is 512 g/mol. The van der Waals surface area contributed by atoms with Crippen LogP contribution in [0.2, 0.25) is 0 Å². The van der Waals surface area contributed by atoms with Crippen molar-refractivity contribution in [2.75, 3.05) is 4.90 Å². The second kappa shape index (κ2) is 10.8. The van der Waals surface area contributed by atoms with E-state index in [0.717, 1.165) is 39.0 Å². The van der Waals surface area contributed by atoms with Crippen molar-refractivity contribution in [3.63, 3.8) is 0 Å². The average Bonchev–Trinajstić information content (AvgIpc) is 3.32. The van der Waals surface area contributed by atoms with E-state index in [1.54, 1.807) is 0 Å². The molecule has 6 rings (SSSR count). The van der Waals surface area contributed by atoms with Crippen molar-refractivity contribution in [2.45, 2.75) is 6.61 Å². The van der Waals surface area contributed by atoms with Crippen molar-refractivity contribution in [3.8, 4) is 5.75 Å². The molecule has 0 N–H and O–H groups in total. The molecule has 1 heterocycles. The SMILES string of the molecule is O=C1N=C(N(c2ccccc2)c2ccccc2)S/C1=C\c1ccc2cc(OCc3ccccc3)ccc2c1. The quantitative estimate of drug-likeness (QED) is 0.215. The lowest BCUT2D eigenvalue weighted by atomic mass is 10.1. The maximum absolute atomic E-state index is 12.9. The summed E-state index contributed by atoms with van der Waals surface area (Å²) in [7, 11) is 0. The van der Waals surface area contributed by atoms with Crippen LogP contribution in [-0.4, -0.2) is 11.1 Å². The Morgan fingerprint density at radius 3 is 2.00 bits per heavy atom. The molecule has 0 aromatic heterocycles. The number of nitrogens with zero attached hydrogens (tertiary/aromatic N) is 2. The van der Waals surface area contributed by atoms with Gasteiger partial charge in [0.2, 0.25) is 0 Å². The lowest BCUT2D eigenvalue weighted by molar-refractivity contribution is -0.113. The van der Waals surface area contributed by atoms with Gasteiger partial charge in [-0.3, -0.25) is 9.69 Å². The van der Waals surface area contributed by atoms with Crippen molar-refractivity contribution >= 4 is 51.1 Å². The minimum absolute atomic E-state index is 0.230. The van der Waals surface area contributed by atoms with E-state index >= 15 is 0 Å². The van der Waals surface area contributed by atoms with Crippen molar-refractivity contribution < 1.29 is 9.53 Å². The van der Waals surface area contributed by atoms with Gasteiger partial charge in [0, 0.05) is 11.4 Å². The number of hydrogen-bond acceptors (Lipinski definition) is 4. The minimum Gasteiger partial charge on any atom is -0.489 e. The molecule has 5 aromatic rings. The Morgan fingerprint density at radius 1 is 0.711 bits per heavy atom.